The highest BCUT2D eigenvalue weighted by Crippen LogP contribution is 2.35. The molecule has 0 unspecified atom stereocenters. The van der Waals surface area contributed by atoms with Crippen LogP contribution in [0.3, 0.4) is 0 Å². The van der Waals surface area contributed by atoms with Gasteiger partial charge in [0.2, 0.25) is 0 Å². The van der Waals surface area contributed by atoms with E-state index in [0.29, 0.717) is 29.4 Å². The molecule has 120 valence electrons. The van der Waals surface area contributed by atoms with E-state index in [9.17, 15) is 5.11 Å². The molecule has 0 aromatic heterocycles. The lowest BCUT2D eigenvalue weighted by Crippen LogP contribution is -2.30. The first-order chi connectivity index (χ1) is 9.97. The van der Waals surface area contributed by atoms with Gasteiger partial charge in [-0.2, -0.15) is 0 Å². The van der Waals surface area contributed by atoms with Gasteiger partial charge in [-0.1, -0.05) is 13.8 Å². The largest absolute Gasteiger partial charge is 0.503 e. The summed E-state index contributed by atoms with van der Waals surface area (Å²) in [6.45, 7) is 10.3. The van der Waals surface area contributed by atoms with E-state index in [-0.39, 0.29) is 5.75 Å². The average molecular weight is 360 g/mol. The number of rotatable bonds is 9. The summed E-state index contributed by atoms with van der Waals surface area (Å²) in [6, 6.07) is 3.85. The summed E-state index contributed by atoms with van der Waals surface area (Å²) in [6.07, 6.45) is 0. The van der Waals surface area contributed by atoms with Gasteiger partial charge in [0.05, 0.1) is 17.7 Å². The maximum absolute atomic E-state index is 9.97. The summed E-state index contributed by atoms with van der Waals surface area (Å²) < 4.78 is 11.3. The van der Waals surface area contributed by atoms with Crippen LogP contribution < -0.4 is 4.74 Å². The lowest BCUT2D eigenvalue weighted by Gasteiger charge is -2.24. The predicted octanol–water partition coefficient (Wildman–Crippen LogP) is 3.66. The van der Waals surface area contributed by atoms with Crippen molar-refractivity contribution >= 4 is 15.9 Å². The summed E-state index contributed by atoms with van der Waals surface area (Å²) in [4.78, 5) is 2.35. The number of halogens is 1. The molecule has 0 saturated heterocycles. The summed E-state index contributed by atoms with van der Waals surface area (Å²) in [7, 11) is 1.72. The SMILES string of the molecule is CCOc1cc(CN(CCOC)CC(C)C)cc(Br)c1O. The van der Waals surface area contributed by atoms with Gasteiger partial charge in [-0.25, -0.2) is 0 Å². The molecule has 0 aliphatic rings. The Balaban J connectivity index is 2.86. The van der Waals surface area contributed by atoms with E-state index in [1.165, 1.54) is 0 Å². The second-order valence-electron chi connectivity index (χ2n) is 5.48. The van der Waals surface area contributed by atoms with Crippen LogP contribution in [0.15, 0.2) is 16.6 Å². The molecule has 0 spiro atoms. The Morgan fingerprint density at radius 2 is 2.05 bits per heavy atom. The number of phenols is 1. The molecule has 21 heavy (non-hydrogen) atoms. The molecular formula is C16H26BrNO3. The van der Waals surface area contributed by atoms with E-state index in [2.05, 4.69) is 34.7 Å². The van der Waals surface area contributed by atoms with Gasteiger partial charge in [0.25, 0.3) is 0 Å². The molecule has 4 nitrogen and oxygen atoms in total. The Morgan fingerprint density at radius 3 is 2.62 bits per heavy atom. The lowest BCUT2D eigenvalue weighted by atomic mass is 10.1. The highest BCUT2D eigenvalue weighted by Gasteiger charge is 2.13. The van der Waals surface area contributed by atoms with Crippen molar-refractivity contribution in [3.8, 4) is 11.5 Å². The number of nitrogens with zero attached hydrogens (tertiary/aromatic N) is 1. The van der Waals surface area contributed by atoms with Crippen molar-refractivity contribution in [2.75, 3.05) is 33.4 Å². The fourth-order valence-corrected chi connectivity index (χ4v) is 2.70. The van der Waals surface area contributed by atoms with Gasteiger partial charge >= 0.3 is 0 Å². The first kappa shape index (κ1) is 18.3. The fraction of sp³-hybridized carbons (Fsp3) is 0.625. The van der Waals surface area contributed by atoms with Gasteiger partial charge in [-0.3, -0.25) is 4.90 Å². The van der Waals surface area contributed by atoms with Crippen molar-refractivity contribution in [3.05, 3.63) is 22.2 Å². The molecule has 1 N–H and O–H groups in total. The van der Waals surface area contributed by atoms with Crippen molar-refractivity contribution in [3.63, 3.8) is 0 Å². The van der Waals surface area contributed by atoms with Gasteiger partial charge in [0.1, 0.15) is 0 Å². The van der Waals surface area contributed by atoms with Crippen LogP contribution in [0.25, 0.3) is 0 Å². The molecule has 0 fully saturated rings. The number of aromatic hydroxyl groups is 1. The molecule has 0 bridgehead atoms. The smallest absolute Gasteiger partial charge is 0.172 e. The minimum atomic E-state index is 0.160. The number of methoxy groups -OCH3 is 1. The maximum Gasteiger partial charge on any atom is 0.172 e. The normalized spacial score (nSPS) is 11.4. The number of hydrogen-bond acceptors (Lipinski definition) is 4. The lowest BCUT2D eigenvalue weighted by molar-refractivity contribution is 0.136. The maximum atomic E-state index is 9.97. The summed E-state index contributed by atoms with van der Waals surface area (Å²) in [5.74, 6) is 1.28. The number of hydrogen-bond donors (Lipinski definition) is 1. The zero-order valence-corrected chi connectivity index (χ0v) is 14.9. The van der Waals surface area contributed by atoms with E-state index in [1.807, 2.05) is 19.1 Å². The number of ether oxygens (including phenoxy) is 2. The summed E-state index contributed by atoms with van der Waals surface area (Å²) >= 11 is 3.39. The predicted molar refractivity (Wildman–Crippen MR) is 89.0 cm³/mol. The van der Waals surface area contributed by atoms with Crippen LogP contribution in [0.1, 0.15) is 26.3 Å². The summed E-state index contributed by atoms with van der Waals surface area (Å²) in [5.41, 5.74) is 1.11. The van der Waals surface area contributed by atoms with Crippen LogP contribution in [-0.2, 0) is 11.3 Å². The third kappa shape index (κ3) is 6.24. The van der Waals surface area contributed by atoms with Gasteiger partial charge in [-0.05, 0) is 46.5 Å². The monoisotopic (exact) mass is 359 g/mol. The van der Waals surface area contributed by atoms with Crippen LogP contribution in [-0.4, -0.2) is 43.4 Å². The van der Waals surface area contributed by atoms with Gasteiger partial charge in [0.15, 0.2) is 11.5 Å². The van der Waals surface area contributed by atoms with Gasteiger partial charge < -0.3 is 14.6 Å². The molecule has 0 atom stereocenters. The van der Waals surface area contributed by atoms with Gasteiger partial charge in [-0.15, -0.1) is 0 Å². The van der Waals surface area contributed by atoms with Crippen LogP contribution in [0.2, 0.25) is 0 Å². The molecule has 0 saturated carbocycles. The number of benzene rings is 1. The Kier molecular flexibility index (Phi) is 8.07. The highest BCUT2D eigenvalue weighted by molar-refractivity contribution is 9.10. The zero-order valence-electron chi connectivity index (χ0n) is 13.4. The average Bonchev–Trinajstić information content (AvgIpc) is 2.41. The Bertz CT molecular complexity index is 438. The van der Waals surface area contributed by atoms with E-state index in [0.717, 1.165) is 25.2 Å². The molecule has 0 aliphatic carbocycles. The minimum Gasteiger partial charge on any atom is -0.503 e. The van der Waals surface area contributed by atoms with E-state index in [1.54, 1.807) is 7.11 Å². The van der Waals surface area contributed by atoms with Crippen molar-refractivity contribution in [1.29, 1.82) is 0 Å². The van der Waals surface area contributed by atoms with Crippen molar-refractivity contribution in [2.45, 2.75) is 27.3 Å². The Labute approximate surface area is 136 Å². The number of phenolic OH excluding ortho intramolecular Hbond substituents is 1. The Morgan fingerprint density at radius 1 is 1.33 bits per heavy atom. The quantitative estimate of drug-likeness (QED) is 0.730. The van der Waals surface area contributed by atoms with Gasteiger partial charge in [0, 0.05) is 26.7 Å². The van der Waals surface area contributed by atoms with Crippen molar-refractivity contribution in [1.82, 2.24) is 4.90 Å². The minimum absolute atomic E-state index is 0.160. The van der Waals surface area contributed by atoms with Crippen LogP contribution in [0.5, 0.6) is 11.5 Å². The molecule has 0 aliphatic heterocycles. The fourth-order valence-electron chi connectivity index (χ4n) is 2.21. The zero-order chi connectivity index (χ0) is 15.8. The Hall–Kier alpha value is -0.780. The standard InChI is InChI=1S/C16H26BrNO3/c1-5-21-15-9-13(8-14(17)16(15)19)11-18(6-7-20-4)10-12(2)3/h8-9,12,19H,5-7,10-11H2,1-4H3. The van der Waals surface area contributed by atoms with E-state index in [4.69, 9.17) is 9.47 Å². The van der Waals surface area contributed by atoms with Crippen molar-refractivity contribution < 1.29 is 14.6 Å². The molecule has 0 heterocycles. The molecule has 1 aromatic carbocycles. The second kappa shape index (κ2) is 9.28. The van der Waals surface area contributed by atoms with Crippen LogP contribution >= 0.6 is 15.9 Å². The topological polar surface area (TPSA) is 41.9 Å². The van der Waals surface area contributed by atoms with Crippen LogP contribution in [0, 0.1) is 5.92 Å². The first-order valence-electron chi connectivity index (χ1n) is 7.33. The third-order valence-electron chi connectivity index (χ3n) is 3.03. The van der Waals surface area contributed by atoms with Crippen LogP contribution in [0.4, 0.5) is 0 Å². The highest BCUT2D eigenvalue weighted by atomic mass is 79.9. The molecule has 1 aromatic rings. The molecule has 5 heteroatoms. The second-order valence-corrected chi connectivity index (χ2v) is 6.33. The van der Waals surface area contributed by atoms with E-state index < -0.39 is 0 Å². The van der Waals surface area contributed by atoms with Crippen molar-refractivity contribution in [2.24, 2.45) is 5.92 Å². The third-order valence-corrected chi connectivity index (χ3v) is 3.63. The van der Waals surface area contributed by atoms with E-state index >= 15 is 0 Å². The molecule has 1 rings (SSSR count). The molecular weight excluding hydrogens is 334 g/mol. The summed E-state index contributed by atoms with van der Waals surface area (Å²) in [5, 5.41) is 9.97. The molecule has 0 amide bonds. The molecule has 0 radical (unpaired) electrons. The first-order valence-corrected chi connectivity index (χ1v) is 8.12.